The highest BCUT2D eigenvalue weighted by Crippen LogP contribution is 2.24. The highest BCUT2D eigenvalue weighted by atomic mass is 32.2. The Labute approximate surface area is 194 Å². The maximum Gasteiger partial charge on any atom is 0.261 e. The van der Waals surface area contributed by atoms with E-state index in [1.807, 2.05) is 51.1 Å². The number of benzene rings is 3. The molecule has 0 spiro atoms. The number of methoxy groups -OCH3 is 1. The Kier molecular flexibility index (Phi) is 7.60. The third kappa shape index (κ3) is 6.26. The first-order chi connectivity index (χ1) is 15.7. The summed E-state index contributed by atoms with van der Waals surface area (Å²) in [4.78, 5) is 12.4. The van der Waals surface area contributed by atoms with E-state index in [0.717, 1.165) is 16.7 Å². The summed E-state index contributed by atoms with van der Waals surface area (Å²) in [5, 5.41) is 2.86. The van der Waals surface area contributed by atoms with Gasteiger partial charge in [-0.05, 0) is 74.4 Å². The zero-order valence-corrected chi connectivity index (χ0v) is 19.9. The standard InChI is InChI=1S/C25H28N2O5S/c1-17-9-10-20(15-18(17)2)27-33(29,30)22-13-11-21(12-14-22)32-16-25(28)26-19(3)23-7-5-6-8-24(23)31-4/h5-15,19,27H,16H2,1-4H3,(H,26,28)/t19-/m0/s1. The summed E-state index contributed by atoms with van der Waals surface area (Å²) < 4.78 is 38.7. The van der Waals surface area contributed by atoms with Crippen molar-refractivity contribution in [3.05, 3.63) is 83.4 Å². The molecule has 0 aromatic heterocycles. The Bertz CT molecular complexity index is 1220. The highest BCUT2D eigenvalue weighted by Gasteiger charge is 2.16. The van der Waals surface area contributed by atoms with Crippen LogP contribution in [-0.2, 0) is 14.8 Å². The fourth-order valence-electron chi connectivity index (χ4n) is 3.27. The molecule has 0 aliphatic rings. The number of amides is 1. The van der Waals surface area contributed by atoms with Crippen molar-refractivity contribution in [2.45, 2.75) is 31.7 Å². The number of anilines is 1. The normalized spacial score (nSPS) is 12.0. The molecule has 1 atom stereocenters. The summed E-state index contributed by atoms with van der Waals surface area (Å²) in [6, 6.07) is 18.5. The average Bonchev–Trinajstić information content (AvgIpc) is 2.80. The van der Waals surface area contributed by atoms with Gasteiger partial charge in [-0.2, -0.15) is 0 Å². The van der Waals surface area contributed by atoms with E-state index in [2.05, 4.69) is 10.0 Å². The third-order valence-electron chi connectivity index (χ3n) is 5.25. The summed E-state index contributed by atoms with van der Waals surface area (Å²) in [5.41, 5.74) is 3.44. The van der Waals surface area contributed by atoms with Gasteiger partial charge in [-0.15, -0.1) is 0 Å². The molecule has 2 N–H and O–H groups in total. The molecule has 3 rings (SSSR count). The maximum atomic E-state index is 12.7. The SMILES string of the molecule is COc1ccccc1[C@H](C)NC(=O)COc1ccc(S(=O)(=O)Nc2ccc(C)c(C)c2)cc1. The summed E-state index contributed by atoms with van der Waals surface area (Å²) in [7, 11) is -2.16. The van der Waals surface area contributed by atoms with E-state index in [-0.39, 0.29) is 23.5 Å². The van der Waals surface area contributed by atoms with Crippen LogP contribution in [0.25, 0.3) is 0 Å². The van der Waals surface area contributed by atoms with Crippen LogP contribution in [0.3, 0.4) is 0 Å². The Morgan fingerprint density at radius 3 is 2.33 bits per heavy atom. The van der Waals surface area contributed by atoms with E-state index in [1.165, 1.54) is 24.3 Å². The highest BCUT2D eigenvalue weighted by molar-refractivity contribution is 7.92. The van der Waals surface area contributed by atoms with Gasteiger partial charge in [-0.3, -0.25) is 9.52 Å². The molecule has 0 heterocycles. The van der Waals surface area contributed by atoms with E-state index in [0.29, 0.717) is 17.2 Å². The van der Waals surface area contributed by atoms with Crippen LogP contribution in [0.15, 0.2) is 71.6 Å². The van der Waals surface area contributed by atoms with E-state index in [9.17, 15) is 13.2 Å². The molecular weight excluding hydrogens is 440 g/mol. The van der Waals surface area contributed by atoms with Gasteiger partial charge in [0.05, 0.1) is 18.0 Å². The van der Waals surface area contributed by atoms with Gasteiger partial charge in [-0.1, -0.05) is 24.3 Å². The predicted octanol–water partition coefficient (Wildman–Crippen LogP) is 4.37. The predicted molar refractivity (Wildman–Crippen MR) is 128 cm³/mol. The Morgan fingerprint density at radius 1 is 0.970 bits per heavy atom. The van der Waals surface area contributed by atoms with E-state index >= 15 is 0 Å². The van der Waals surface area contributed by atoms with Crippen LogP contribution in [-0.4, -0.2) is 28.0 Å². The van der Waals surface area contributed by atoms with Gasteiger partial charge in [0.15, 0.2) is 6.61 Å². The number of sulfonamides is 1. The van der Waals surface area contributed by atoms with Crippen molar-refractivity contribution in [3.63, 3.8) is 0 Å². The quantitative estimate of drug-likeness (QED) is 0.486. The lowest BCUT2D eigenvalue weighted by Crippen LogP contribution is -2.31. The van der Waals surface area contributed by atoms with Crippen LogP contribution in [0.4, 0.5) is 5.69 Å². The Morgan fingerprint density at radius 2 is 1.67 bits per heavy atom. The van der Waals surface area contributed by atoms with Crippen LogP contribution in [0, 0.1) is 13.8 Å². The first kappa shape index (κ1) is 24.1. The zero-order chi connectivity index (χ0) is 24.0. The van der Waals surface area contributed by atoms with Gasteiger partial charge in [0.25, 0.3) is 15.9 Å². The molecule has 0 fully saturated rings. The Hall–Kier alpha value is -3.52. The first-order valence-electron chi connectivity index (χ1n) is 10.4. The van der Waals surface area contributed by atoms with Crippen molar-refractivity contribution in [3.8, 4) is 11.5 Å². The van der Waals surface area contributed by atoms with Crippen molar-refractivity contribution in [2.24, 2.45) is 0 Å². The fourth-order valence-corrected chi connectivity index (χ4v) is 4.32. The van der Waals surface area contributed by atoms with Crippen molar-refractivity contribution in [2.75, 3.05) is 18.4 Å². The van der Waals surface area contributed by atoms with E-state index in [1.54, 1.807) is 19.2 Å². The molecule has 1 amide bonds. The topological polar surface area (TPSA) is 93.7 Å². The summed E-state index contributed by atoms with van der Waals surface area (Å²) in [5.74, 6) is 0.777. The number of para-hydroxylation sites is 1. The molecule has 33 heavy (non-hydrogen) atoms. The first-order valence-corrected chi connectivity index (χ1v) is 11.9. The molecule has 174 valence electrons. The number of hydrogen-bond acceptors (Lipinski definition) is 5. The number of nitrogens with one attached hydrogen (secondary N) is 2. The number of ether oxygens (including phenoxy) is 2. The van der Waals surface area contributed by atoms with Gasteiger partial charge in [-0.25, -0.2) is 8.42 Å². The van der Waals surface area contributed by atoms with Crippen LogP contribution in [0.1, 0.15) is 29.7 Å². The monoisotopic (exact) mass is 468 g/mol. The van der Waals surface area contributed by atoms with E-state index in [4.69, 9.17) is 9.47 Å². The molecule has 0 unspecified atom stereocenters. The molecule has 3 aromatic carbocycles. The third-order valence-corrected chi connectivity index (χ3v) is 6.64. The molecule has 0 saturated heterocycles. The lowest BCUT2D eigenvalue weighted by atomic mass is 10.1. The number of rotatable bonds is 9. The van der Waals surface area contributed by atoms with Crippen LogP contribution < -0.4 is 19.5 Å². The molecule has 0 aliphatic carbocycles. The minimum Gasteiger partial charge on any atom is -0.496 e. The molecule has 0 radical (unpaired) electrons. The number of aryl methyl sites for hydroxylation is 2. The van der Waals surface area contributed by atoms with Crippen LogP contribution in [0.2, 0.25) is 0 Å². The van der Waals surface area contributed by atoms with Gasteiger partial charge < -0.3 is 14.8 Å². The number of carbonyl (C=O) groups excluding carboxylic acids is 1. The molecule has 0 saturated carbocycles. The average molecular weight is 469 g/mol. The number of hydrogen-bond donors (Lipinski definition) is 2. The van der Waals surface area contributed by atoms with Crippen LogP contribution >= 0.6 is 0 Å². The van der Waals surface area contributed by atoms with Gasteiger partial charge in [0.2, 0.25) is 0 Å². The van der Waals surface area contributed by atoms with Gasteiger partial charge in [0, 0.05) is 11.3 Å². The molecule has 7 nitrogen and oxygen atoms in total. The van der Waals surface area contributed by atoms with Crippen molar-refractivity contribution in [1.82, 2.24) is 5.32 Å². The summed E-state index contributed by atoms with van der Waals surface area (Å²) in [6.07, 6.45) is 0. The van der Waals surface area contributed by atoms with Gasteiger partial charge in [0.1, 0.15) is 11.5 Å². The lowest BCUT2D eigenvalue weighted by molar-refractivity contribution is -0.123. The molecule has 8 heteroatoms. The van der Waals surface area contributed by atoms with Crippen molar-refractivity contribution in [1.29, 1.82) is 0 Å². The smallest absolute Gasteiger partial charge is 0.261 e. The zero-order valence-electron chi connectivity index (χ0n) is 19.1. The second-order valence-electron chi connectivity index (χ2n) is 7.70. The molecular formula is C25H28N2O5S. The Balaban J connectivity index is 1.57. The number of carbonyl (C=O) groups is 1. The molecule has 0 bridgehead atoms. The summed E-state index contributed by atoms with van der Waals surface area (Å²) in [6.45, 7) is 5.54. The van der Waals surface area contributed by atoms with E-state index < -0.39 is 10.0 Å². The fraction of sp³-hybridized carbons (Fsp3) is 0.240. The van der Waals surface area contributed by atoms with Crippen molar-refractivity contribution < 1.29 is 22.7 Å². The minimum atomic E-state index is -3.74. The minimum absolute atomic E-state index is 0.0994. The second kappa shape index (κ2) is 10.4. The van der Waals surface area contributed by atoms with Crippen molar-refractivity contribution >= 4 is 21.6 Å². The van der Waals surface area contributed by atoms with Crippen LogP contribution in [0.5, 0.6) is 11.5 Å². The molecule has 0 aliphatic heterocycles. The molecule has 3 aromatic rings. The second-order valence-corrected chi connectivity index (χ2v) is 9.38. The van der Waals surface area contributed by atoms with Gasteiger partial charge >= 0.3 is 0 Å². The maximum absolute atomic E-state index is 12.7. The largest absolute Gasteiger partial charge is 0.496 e. The summed E-state index contributed by atoms with van der Waals surface area (Å²) >= 11 is 0. The lowest BCUT2D eigenvalue weighted by Gasteiger charge is -2.17.